The fourth-order valence-electron chi connectivity index (χ4n) is 2.94. The Morgan fingerprint density at radius 3 is 2.17 bits per heavy atom. The normalized spacial score (nSPS) is 24.2. The van der Waals surface area contributed by atoms with Gasteiger partial charge in [0, 0.05) is 32.1 Å². The third-order valence-corrected chi connectivity index (χ3v) is 4.29. The molecule has 0 aromatic carbocycles. The molecule has 2 fully saturated rings. The van der Waals surface area contributed by atoms with E-state index in [1.807, 2.05) is 11.8 Å². The van der Waals surface area contributed by atoms with E-state index >= 15 is 0 Å². The van der Waals surface area contributed by atoms with Gasteiger partial charge < -0.3 is 10.6 Å². The molecule has 0 spiro atoms. The first-order valence-corrected chi connectivity index (χ1v) is 6.91. The summed E-state index contributed by atoms with van der Waals surface area (Å²) in [4.78, 5) is 27.4. The second-order valence-electron chi connectivity index (χ2n) is 5.42. The lowest BCUT2D eigenvalue weighted by Gasteiger charge is -2.37. The van der Waals surface area contributed by atoms with E-state index in [0.29, 0.717) is 5.91 Å². The minimum Gasteiger partial charge on any atom is -0.368 e. The molecule has 1 aliphatic heterocycles. The molecule has 2 aliphatic rings. The number of nitrogens with zero attached hydrogens (tertiary/aromatic N) is 2. The lowest BCUT2D eigenvalue weighted by atomic mass is 10.1. The Labute approximate surface area is 108 Å². The number of carbonyl (C=O) groups is 2. The smallest absolute Gasteiger partial charge is 0.234 e. The van der Waals surface area contributed by atoms with Crippen molar-refractivity contribution in [3.05, 3.63) is 0 Å². The van der Waals surface area contributed by atoms with E-state index in [4.69, 9.17) is 5.73 Å². The van der Waals surface area contributed by atoms with Gasteiger partial charge in [-0.1, -0.05) is 12.8 Å². The van der Waals surface area contributed by atoms with Crippen molar-refractivity contribution in [2.45, 2.75) is 38.6 Å². The van der Waals surface area contributed by atoms with Crippen LogP contribution in [0.5, 0.6) is 0 Å². The van der Waals surface area contributed by atoms with Crippen LogP contribution in [0.3, 0.4) is 0 Å². The molecule has 5 nitrogen and oxygen atoms in total. The monoisotopic (exact) mass is 253 g/mol. The van der Waals surface area contributed by atoms with Gasteiger partial charge in [-0.05, 0) is 19.8 Å². The maximum atomic E-state index is 12.2. The minimum absolute atomic E-state index is 0.228. The summed E-state index contributed by atoms with van der Waals surface area (Å²) in [6, 6.07) is -0.228. The molecule has 2 amide bonds. The first-order chi connectivity index (χ1) is 8.59. The van der Waals surface area contributed by atoms with E-state index in [2.05, 4.69) is 4.90 Å². The highest BCUT2D eigenvalue weighted by Gasteiger charge is 2.31. The van der Waals surface area contributed by atoms with Crippen molar-refractivity contribution in [2.75, 3.05) is 26.2 Å². The number of nitrogens with two attached hydrogens (primary N) is 1. The van der Waals surface area contributed by atoms with Crippen LogP contribution in [-0.2, 0) is 9.59 Å². The van der Waals surface area contributed by atoms with Crippen molar-refractivity contribution >= 4 is 11.8 Å². The quantitative estimate of drug-likeness (QED) is 0.781. The number of amides is 2. The molecule has 5 heteroatoms. The molecule has 18 heavy (non-hydrogen) atoms. The van der Waals surface area contributed by atoms with Crippen LogP contribution in [0.1, 0.15) is 32.6 Å². The number of piperazine rings is 1. The Morgan fingerprint density at radius 1 is 1.11 bits per heavy atom. The van der Waals surface area contributed by atoms with Crippen LogP contribution in [0.25, 0.3) is 0 Å². The SMILES string of the molecule is C[C@@H](C(N)=O)N1CCN(C(=O)C2CCCC2)CC1. The van der Waals surface area contributed by atoms with Gasteiger partial charge in [-0.25, -0.2) is 0 Å². The number of carbonyl (C=O) groups excluding carboxylic acids is 2. The Bertz CT molecular complexity index is 318. The predicted octanol–water partition coefficient (Wildman–Crippen LogP) is 0.195. The van der Waals surface area contributed by atoms with Gasteiger partial charge in [0.1, 0.15) is 0 Å². The molecule has 0 radical (unpaired) electrons. The molecule has 102 valence electrons. The third-order valence-electron chi connectivity index (χ3n) is 4.29. The number of primary amides is 1. The van der Waals surface area contributed by atoms with E-state index in [-0.39, 0.29) is 17.9 Å². The summed E-state index contributed by atoms with van der Waals surface area (Å²) >= 11 is 0. The first kappa shape index (κ1) is 13.3. The Morgan fingerprint density at radius 2 is 1.67 bits per heavy atom. The van der Waals surface area contributed by atoms with E-state index < -0.39 is 0 Å². The molecule has 1 saturated carbocycles. The largest absolute Gasteiger partial charge is 0.368 e. The average Bonchev–Trinajstić information content (AvgIpc) is 2.91. The zero-order valence-electron chi connectivity index (χ0n) is 11.1. The molecule has 0 bridgehead atoms. The molecule has 0 aromatic rings. The summed E-state index contributed by atoms with van der Waals surface area (Å²) in [5, 5.41) is 0. The molecular formula is C13H23N3O2. The molecular weight excluding hydrogens is 230 g/mol. The van der Waals surface area contributed by atoms with Crippen molar-refractivity contribution in [1.29, 1.82) is 0 Å². The molecule has 2 N–H and O–H groups in total. The zero-order chi connectivity index (χ0) is 13.1. The van der Waals surface area contributed by atoms with Crippen molar-refractivity contribution in [1.82, 2.24) is 9.80 Å². The van der Waals surface area contributed by atoms with Gasteiger partial charge in [0.2, 0.25) is 11.8 Å². The van der Waals surface area contributed by atoms with Crippen molar-refractivity contribution in [3.63, 3.8) is 0 Å². The number of hydrogen-bond donors (Lipinski definition) is 1. The Kier molecular flexibility index (Phi) is 4.22. The summed E-state index contributed by atoms with van der Waals surface area (Å²) < 4.78 is 0. The number of hydrogen-bond acceptors (Lipinski definition) is 3. The minimum atomic E-state index is -0.287. The Hall–Kier alpha value is -1.10. The fraction of sp³-hybridized carbons (Fsp3) is 0.846. The van der Waals surface area contributed by atoms with Gasteiger partial charge in [-0.15, -0.1) is 0 Å². The highest BCUT2D eigenvalue weighted by molar-refractivity contribution is 5.80. The van der Waals surface area contributed by atoms with E-state index in [0.717, 1.165) is 39.0 Å². The van der Waals surface area contributed by atoms with Gasteiger partial charge >= 0.3 is 0 Å². The van der Waals surface area contributed by atoms with Crippen LogP contribution in [0.4, 0.5) is 0 Å². The van der Waals surface area contributed by atoms with Gasteiger partial charge in [-0.3, -0.25) is 14.5 Å². The van der Waals surface area contributed by atoms with Crippen LogP contribution < -0.4 is 5.73 Å². The lowest BCUT2D eigenvalue weighted by Crippen LogP contribution is -2.55. The first-order valence-electron chi connectivity index (χ1n) is 6.91. The average molecular weight is 253 g/mol. The third kappa shape index (κ3) is 2.83. The van der Waals surface area contributed by atoms with Crippen molar-refractivity contribution in [3.8, 4) is 0 Å². The summed E-state index contributed by atoms with van der Waals surface area (Å²) in [6.45, 7) is 4.79. The van der Waals surface area contributed by atoms with Crippen molar-refractivity contribution < 1.29 is 9.59 Å². The zero-order valence-corrected chi connectivity index (χ0v) is 11.1. The topological polar surface area (TPSA) is 66.6 Å². The van der Waals surface area contributed by atoms with Crippen LogP contribution in [0, 0.1) is 5.92 Å². The Balaban J connectivity index is 1.82. The van der Waals surface area contributed by atoms with Crippen LogP contribution in [0.15, 0.2) is 0 Å². The summed E-state index contributed by atoms with van der Waals surface area (Å²) in [6.07, 6.45) is 4.48. The molecule has 1 heterocycles. The van der Waals surface area contributed by atoms with Crippen LogP contribution in [-0.4, -0.2) is 53.8 Å². The van der Waals surface area contributed by atoms with Crippen molar-refractivity contribution in [2.24, 2.45) is 11.7 Å². The molecule has 0 aromatic heterocycles. The predicted molar refractivity (Wildman–Crippen MR) is 68.8 cm³/mol. The van der Waals surface area contributed by atoms with E-state index in [1.165, 1.54) is 12.8 Å². The maximum Gasteiger partial charge on any atom is 0.234 e. The highest BCUT2D eigenvalue weighted by atomic mass is 16.2. The molecule has 1 saturated heterocycles. The van der Waals surface area contributed by atoms with E-state index in [9.17, 15) is 9.59 Å². The summed E-state index contributed by atoms with van der Waals surface area (Å²) in [5.41, 5.74) is 5.30. The molecule has 2 rings (SSSR count). The molecule has 0 unspecified atom stereocenters. The summed E-state index contributed by atoms with van der Waals surface area (Å²) in [5.74, 6) is 0.287. The van der Waals surface area contributed by atoms with E-state index in [1.54, 1.807) is 0 Å². The van der Waals surface area contributed by atoms with Gasteiger partial charge in [0.05, 0.1) is 6.04 Å². The second-order valence-corrected chi connectivity index (χ2v) is 5.42. The molecule has 1 aliphatic carbocycles. The highest BCUT2D eigenvalue weighted by Crippen LogP contribution is 2.27. The van der Waals surface area contributed by atoms with Gasteiger partial charge in [0.25, 0.3) is 0 Å². The van der Waals surface area contributed by atoms with Gasteiger partial charge in [0.15, 0.2) is 0 Å². The standard InChI is InChI=1S/C13H23N3O2/c1-10(12(14)17)15-6-8-16(9-7-15)13(18)11-4-2-3-5-11/h10-11H,2-9H2,1H3,(H2,14,17)/t10-/m0/s1. The lowest BCUT2D eigenvalue weighted by molar-refractivity contribution is -0.137. The molecule has 1 atom stereocenters. The van der Waals surface area contributed by atoms with Crippen LogP contribution in [0.2, 0.25) is 0 Å². The number of rotatable bonds is 3. The van der Waals surface area contributed by atoms with Gasteiger partial charge in [-0.2, -0.15) is 0 Å². The fourth-order valence-corrected chi connectivity index (χ4v) is 2.94. The second kappa shape index (κ2) is 5.69. The summed E-state index contributed by atoms with van der Waals surface area (Å²) in [7, 11) is 0. The van der Waals surface area contributed by atoms with Crippen LogP contribution >= 0.6 is 0 Å². The maximum absolute atomic E-state index is 12.2.